The summed E-state index contributed by atoms with van der Waals surface area (Å²) >= 11 is 1.84. The lowest BCUT2D eigenvalue weighted by Gasteiger charge is -2.32. The molecule has 0 unspecified atom stereocenters. The topological polar surface area (TPSA) is 18.5 Å². The van der Waals surface area contributed by atoms with Crippen LogP contribution in [0.2, 0.25) is 0 Å². The SMILES string of the molecule is Cc1ccc2c(c1)c(B1OC(C)(C)C(C)(C)O1)cc1sc3ccccc3c12. The Morgan fingerprint density at radius 1 is 0.778 bits per heavy atom. The molecule has 0 N–H and O–H groups in total. The largest absolute Gasteiger partial charge is 0.495 e. The lowest BCUT2D eigenvalue weighted by Crippen LogP contribution is -2.41. The summed E-state index contributed by atoms with van der Waals surface area (Å²) in [5.41, 5.74) is 1.69. The number of benzene rings is 3. The van der Waals surface area contributed by atoms with Gasteiger partial charge in [-0.1, -0.05) is 42.0 Å². The van der Waals surface area contributed by atoms with Crippen molar-refractivity contribution in [3.63, 3.8) is 0 Å². The van der Waals surface area contributed by atoms with E-state index in [0.717, 1.165) is 5.46 Å². The zero-order valence-corrected chi connectivity index (χ0v) is 17.2. The van der Waals surface area contributed by atoms with Crippen LogP contribution < -0.4 is 5.46 Å². The first-order valence-corrected chi connectivity index (χ1v) is 10.3. The van der Waals surface area contributed by atoms with Crippen molar-refractivity contribution in [2.75, 3.05) is 0 Å². The highest BCUT2D eigenvalue weighted by atomic mass is 32.1. The van der Waals surface area contributed by atoms with E-state index >= 15 is 0 Å². The fourth-order valence-corrected chi connectivity index (χ4v) is 5.11. The normalized spacial score (nSPS) is 18.8. The van der Waals surface area contributed by atoms with Crippen LogP contribution in [-0.4, -0.2) is 18.3 Å². The Balaban J connectivity index is 1.84. The molecule has 0 atom stereocenters. The minimum atomic E-state index is -0.353. The van der Waals surface area contributed by atoms with E-state index in [9.17, 15) is 0 Å². The molecule has 4 aromatic rings. The molecular formula is C23H23BO2S. The van der Waals surface area contributed by atoms with Crippen LogP contribution in [0.3, 0.4) is 0 Å². The molecule has 2 nitrogen and oxygen atoms in total. The average molecular weight is 374 g/mol. The summed E-state index contributed by atoms with van der Waals surface area (Å²) in [7, 11) is -0.353. The smallest absolute Gasteiger partial charge is 0.399 e. The molecule has 0 aliphatic carbocycles. The number of fused-ring (bicyclic) bond motifs is 5. The molecule has 0 amide bonds. The molecule has 5 rings (SSSR count). The summed E-state index contributed by atoms with van der Waals surface area (Å²) < 4.78 is 15.4. The average Bonchev–Trinajstić information content (AvgIpc) is 3.07. The zero-order chi connectivity index (χ0) is 19.0. The summed E-state index contributed by atoms with van der Waals surface area (Å²) in [6, 6.07) is 17.7. The van der Waals surface area contributed by atoms with E-state index in [0.29, 0.717) is 0 Å². The number of hydrogen-bond acceptors (Lipinski definition) is 3. The van der Waals surface area contributed by atoms with Crippen molar-refractivity contribution in [3.8, 4) is 0 Å². The van der Waals surface area contributed by atoms with Gasteiger partial charge in [0.2, 0.25) is 0 Å². The van der Waals surface area contributed by atoms with Crippen LogP contribution in [0.5, 0.6) is 0 Å². The maximum Gasteiger partial charge on any atom is 0.495 e. The van der Waals surface area contributed by atoms with Gasteiger partial charge in [-0.25, -0.2) is 0 Å². The van der Waals surface area contributed by atoms with E-state index in [-0.39, 0.29) is 18.3 Å². The first-order valence-electron chi connectivity index (χ1n) is 9.47. The van der Waals surface area contributed by atoms with E-state index in [1.165, 1.54) is 36.5 Å². The van der Waals surface area contributed by atoms with Crippen LogP contribution in [0.25, 0.3) is 30.9 Å². The molecule has 0 saturated carbocycles. The molecule has 136 valence electrons. The van der Waals surface area contributed by atoms with Crippen molar-refractivity contribution < 1.29 is 9.31 Å². The van der Waals surface area contributed by atoms with Crippen molar-refractivity contribution in [1.82, 2.24) is 0 Å². The number of rotatable bonds is 1. The fourth-order valence-electron chi connectivity index (χ4n) is 3.94. The molecule has 3 aromatic carbocycles. The second-order valence-electron chi connectivity index (χ2n) is 8.57. The van der Waals surface area contributed by atoms with Gasteiger partial charge in [0, 0.05) is 20.2 Å². The van der Waals surface area contributed by atoms with Gasteiger partial charge in [0.25, 0.3) is 0 Å². The summed E-state index contributed by atoms with van der Waals surface area (Å²) in [5, 5.41) is 5.17. The first kappa shape index (κ1) is 17.2. The van der Waals surface area contributed by atoms with Gasteiger partial charge in [0.05, 0.1) is 11.2 Å². The maximum absolute atomic E-state index is 6.40. The van der Waals surface area contributed by atoms with Crippen molar-refractivity contribution in [3.05, 3.63) is 54.1 Å². The van der Waals surface area contributed by atoms with Crippen LogP contribution in [0, 0.1) is 6.92 Å². The van der Waals surface area contributed by atoms with Crippen molar-refractivity contribution in [2.24, 2.45) is 0 Å². The molecule has 1 aliphatic heterocycles. The van der Waals surface area contributed by atoms with Crippen molar-refractivity contribution in [2.45, 2.75) is 45.8 Å². The molecule has 0 radical (unpaired) electrons. The highest BCUT2D eigenvalue weighted by Crippen LogP contribution is 2.41. The fraction of sp³-hybridized carbons (Fsp3) is 0.304. The Morgan fingerprint density at radius 3 is 2.22 bits per heavy atom. The lowest BCUT2D eigenvalue weighted by molar-refractivity contribution is 0.00578. The Morgan fingerprint density at radius 2 is 1.48 bits per heavy atom. The molecule has 4 heteroatoms. The van der Waals surface area contributed by atoms with Gasteiger partial charge in [0.15, 0.2) is 0 Å². The van der Waals surface area contributed by atoms with Gasteiger partial charge in [-0.05, 0) is 63.0 Å². The Kier molecular flexibility index (Phi) is 3.56. The predicted molar refractivity (Wildman–Crippen MR) is 117 cm³/mol. The minimum Gasteiger partial charge on any atom is -0.399 e. The number of hydrogen-bond donors (Lipinski definition) is 0. The van der Waals surface area contributed by atoms with Crippen LogP contribution in [0.4, 0.5) is 0 Å². The minimum absolute atomic E-state index is 0.344. The molecule has 2 heterocycles. The lowest BCUT2D eigenvalue weighted by atomic mass is 9.75. The Bertz CT molecular complexity index is 1190. The van der Waals surface area contributed by atoms with E-state index in [2.05, 4.69) is 83.1 Å². The molecule has 1 saturated heterocycles. The summed E-state index contributed by atoms with van der Waals surface area (Å²) in [4.78, 5) is 0. The van der Waals surface area contributed by atoms with Crippen LogP contribution in [-0.2, 0) is 9.31 Å². The maximum atomic E-state index is 6.40. The third-order valence-electron chi connectivity index (χ3n) is 6.17. The predicted octanol–water partition coefficient (Wildman–Crippen LogP) is 5.82. The van der Waals surface area contributed by atoms with Crippen LogP contribution in [0.1, 0.15) is 33.3 Å². The molecule has 27 heavy (non-hydrogen) atoms. The highest BCUT2D eigenvalue weighted by molar-refractivity contribution is 7.26. The van der Waals surface area contributed by atoms with Gasteiger partial charge in [0.1, 0.15) is 0 Å². The number of aryl methyl sites for hydroxylation is 1. The van der Waals surface area contributed by atoms with E-state index in [1.54, 1.807) is 0 Å². The van der Waals surface area contributed by atoms with Crippen molar-refractivity contribution in [1.29, 1.82) is 0 Å². The van der Waals surface area contributed by atoms with E-state index in [4.69, 9.17) is 9.31 Å². The first-order chi connectivity index (χ1) is 12.8. The molecule has 1 aromatic heterocycles. The molecule has 0 bridgehead atoms. The summed E-state index contributed by atoms with van der Waals surface area (Å²) in [6.45, 7) is 10.6. The summed E-state index contributed by atoms with van der Waals surface area (Å²) in [6.07, 6.45) is 0. The highest BCUT2D eigenvalue weighted by Gasteiger charge is 2.52. The third kappa shape index (κ3) is 2.47. The van der Waals surface area contributed by atoms with E-state index in [1.807, 2.05) is 11.3 Å². The molecule has 1 fully saturated rings. The molecule has 1 aliphatic rings. The number of thiophene rings is 1. The Hall–Kier alpha value is -1.88. The van der Waals surface area contributed by atoms with Gasteiger partial charge in [-0.2, -0.15) is 0 Å². The second kappa shape index (κ2) is 5.57. The Labute approximate surface area is 164 Å². The van der Waals surface area contributed by atoms with Gasteiger partial charge in [-0.15, -0.1) is 11.3 Å². The van der Waals surface area contributed by atoms with Gasteiger partial charge in [-0.3, -0.25) is 0 Å². The van der Waals surface area contributed by atoms with Crippen LogP contribution in [0.15, 0.2) is 48.5 Å². The van der Waals surface area contributed by atoms with Crippen LogP contribution >= 0.6 is 11.3 Å². The monoisotopic (exact) mass is 374 g/mol. The molecule has 0 spiro atoms. The van der Waals surface area contributed by atoms with Gasteiger partial charge < -0.3 is 9.31 Å². The van der Waals surface area contributed by atoms with Gasteiger partial charge >= 0.3 is 7.12 Å². The van der Waals surface area contributed by atoms with E-state index < -0.39 is 0 Å². The second-order valence-corrected chi connectivity index (χ2v) is 9.66. The quantitative estimate of drug-likeness (QED) is 0.391. The van der Waals surface area contributed by atoms with Crippen molar-refractivity contribution >= 4 is 54.9 Å². The summed E-state index contributed by atoms with van der Waals surface area (Å²) in [5.74, 6) is 0. The zero-order valence-electron chi connectivity index (χ0n) is 16.4. The third-order valence-corrected chi connectivity index (χ3v) is 7.29. The molecular weight excluding hydrogens is 351 g/mol. The standard InChI is InChI=1S/C23H23BO2S/c1-14-10-11-15-17(12-14)18(24-25-22(2,3)23(4,5)26-24)13-20-21(15)16-8-6-7-9-19(16)27-20/h6-13H,1-5H3.